The number of methoxy groups -OCH3 is 2. The average Bonchev–Trinajstić information content (AvgIpc) is 2.21. The van der Waals surface area contributed by atoms with Crippen LogP contribution >= 0.6 is 0 Å². The van der Waals surface area contributed by atoms with Crippen molar-refractivity contribution < 1.29 is 28.8 Å². The molecule has 0 aliphatic carbocycles. The molecule has 0 spiro atoms. The summed E-state index contributed by atoms with van der Waals surface area (Å²) >= 11 is 0. The maximum absolute atomic E-state index is 10.8. The fourth-order valence-corrected chi connectivity index (χ4v) is 2.04. The van der Waals surface area contributed by atoms with E-state index in [0.717, 1.165) is 0 Å². The van der Waals surface area contributed by atoms with E-state index < -0.39 is 36.3 Å². The van der Waals surface area contributed by atoms with Crippen LogP contribution in [0.3, 0.4) is 0 Å². The Morgan fingerprint density at radius 2 is 1.94 bits per heavy atom. The summed E-state index contributed by atoms with van der Waals surface area (Å²) in [6.07, 6.45) is -4.65. The van der Waals surface area contributed by atoms with Crippen LogP contribution in [-0.2, 0) is 18.9 Å². The molecule has 1 fully saturated rings. The predicted molar refractivity (Wildman–Crippen MR) is 57.2 cm³/mol. The van der Waals surface area contributed by atoms with Crippen molar-refractivity contribution in [2.24, 2.45) is 5.73 Å². The van der Waals surface area contributed by atoms with E-state index in [2.05, 4.69) is 0 Å². The molecule has 1 aliphatic heterocycles. The number of aliphatic hydroxyl groups excluding tert-OH is 1. The monoisotopic (exact) mass is 249 g/mol. The van der Waals surface area contributed by atoms with Crippen molar-refractivity contribution >= 4 is 6.09 Å². The Labute approximate surface area is 99.8 Å². The number of hydrogen-bond acceptors (Lipinski definition) is 6. The average molecular weight is 249 g/mol. The fraction of sp³-hybridized carbons (Fsp3) is 0.900. The van der Waals surface area contributed by atoms with Crippen LogP contribution in [0.2, 0.25) is 0 Å². The summed E-state index contributed by atoms with van der Waals surface area (Å²) in [7, 11) is 2.82. The van der Waals surface area contributed by atoms with Gasteiger partial charge < -0.3 is 29.8 Å². The number of primary amides is 1. The molecular weight excluding hydrogens is 230 g/mol. The molecule has 17 heavy (non-hydrogen) atoms. The van der Waals surface area contributed by atoms with Gasteiger partial charge in [0.1, 0.15) is 12.2 Å². The molecule has 1 saturated heterocycles. The minimum atomic E-state index is -1.08. The Morgan fingerprint density at radius 3 is 2.35 bits per heavy atom. The highest BCUT2D eigenvalue weighted by Gasteiger charge is 2.51. The van der Waals surface area contributed by atoms with Crippen molar-refractivity contribution in [1.82, 2.24) is 0 Å². The van der Waals surface area contributed by atoms with Gasteiger partial charge >= 0.3 is 6.09 Å². The van der Waals surface area contributed by atoms with Gasteiger partial charge in [0, 0.05) is 14.2 Å². The molecule has 7 nitrogen and oxygen atoms in total. The molecule has 100 valence electrons. The minimum Gasteiger partial charge on any atom is -0.438 e. The van der Waals surface area contributed by atoms with Gasteiger partial charge in [-0.25, -0.2) is 4.79 Å². The second-order valence-electron chi connectivity index (χ2n) is 4.37. The summed E-state index contributed by atoms with van der Waals surface area (Å²) in [6.45, 7) is 3.49. The van der Waals surface area contributed by atoms with Crippen molar-refractivity contribution in [3.63, 3.8) is 0 Å². The van der Waals surface area contributed by atoms with Gasteiger partial charge in [-0.1, -0.05) is 0 Å². The minimum absolute atomic E-state index is 0.654. The molecule has 7 heteroatoms. The Morgan fingerprint density at radius 1 is 1.35 bits per heavy atom. The number of aliphatic hydroxyl groups is 1. The molecular formula is C10H19NO6. The van der Waals surface area contributed by atoms with E-state index in [4.69, 9.17) is 24.7 Å². The van der Waals surface area contributed by atoms with Gasteiger partial charge in [-0.05, 0) is 13.8 Å². The number of hydrogen-bond donors (Lipinski definition) is 2. The van der Waals surface area contributed by atoms with E-state index in [0.29, 0.717) is 0 Å². The van der Waals surface area contributed by atoms with Crippen molar-refractivity contribution in [2.75, 3.05) is 14.2 Å². The summed E-state index contributed by atoms with van der Waals surface area (Å²) in [5, 5.41) is 10.1. The zero-order valence-corrected chi connectivity index (χ0v) is 10.4. The Hall–Kier alpha value is -0.890. The van der Waals surface area contributed by atoms with Crippen molar-refractivity contribution in [3.05, 3.63) is 0 Å². The topological polar surface area (TPSA) is 100 Å². The Balaban J connectivity index is 2.92. The van der Waals surface area contributed by atoms with Crippen LogP contribution < -0.4 is 5.73 Å². The SMILES string of the molecule is COC1OC(C)(C)[C@H](OC)C(O)[C@@H]1OC(N)=O. The molecule has 4 atom stereocenters. The van der Waals surface area contributed by atoms with Crippen LogP contribution in [-0.4, -0.2) is 55.6 Å². The molecule has 0 saturated carbocycles. The lowest BCUT2D eigenvalue weighted by Gasteiger charge is -2.47. The molecule has 1 heterocycles. The van der Waals surface area contributed by atoms with Gasteiger partial charge in [0.2, 0.25) is 0 Å². The summed E-state index contributed by atoms with van der Waals surface area (Å²) in [5.41, 5.74) is 4.16. The second kappa shape index (κ2) is 5.18. The van der Waals surface area contributed by atoms with Gasteiger partial charge in [0.05, 0.1) is 5.60 Å². The zero-order chi connectivity index (χ0) is 13.2. The van der Waals surface area contributed by atoms with E-state index in [9.17, 15) is 9.90 Å². The van der Waals surface area contributed by atoms with Crippen molar-refractivity contribution in [1.29, 1.82) is 0 Å². The first-order chi connectivity index (χ1) is 7.83. The summed E-state index contributed by atoms with van der Waals surface area (Å²) < 4.78 is 20.6. The number of carbonyl (C=O) groups excluding carboxylic acids is 1. The van der Waals surface area contributed by atoms with Gasteiger partial charge in [-0.15, -0.1) is 0 Å². The second-order valence-corrected chi connectivity index (χ2v) is 4.37. The smallest absolute Gasteiger partial charge is 0.405 e. The highest BCUT2D eigenvalue weighted by molar-refractivity contribution is 5.64. The largest absolute Gasteiger partial charge is 0.438 e. The maximum atomic E-state index is 10.8. The van der Waals surface area contributed by atoms with Gasteiger partial charge in [-0.2, -0.15) is 0 Å². The summed E-state index contributed by atoms with van der Waals surface area (Å²) in [6, 6.07) is 0. The van der Waals surface area contributed by atoms with E-state index in [1.165, 1.54) is 14.2 Å². The molecule has 0 aromatic heterocycles. The van der Waals surface area contributed by atoms with Crippen LogP contribution in [0, 0.1) is 0 Å². The van der Waals surface area contributed by atoms with Crippen molar-refractivity contribution in [3.8, 4) is 0 Å². The third-order valence-electron chi connectivity index (χ3n) is 2.76. The third-order valence-corrected chi connectivity index (χ3v) is 2.76. The number of rotatable bonds is 3. The van der Waals surface area contributed by atoms with Crippen LogP contribution in [0.25, 0.3) is 0 Å². The standard InChI is InChI=1S/C10H19NO6/c1-10(2)7(14-3)5(12)6(16-9(11)13)8(15-4)17-10/h5-8,12H,1-4H3,(H2,11,13)/t5?,6-,7+,8?/m0/s1. The molecule has 0 bridgehead atoms. The first-order valence-electron chi connectivity index (χ1n) is 5.21. The van der Waals surface area contributed by atoms with Gasteiger partial charge in [0.15, 0.2) is 12.4 Å². The third kappa shape index (κ3) is 2.86. The summed E-state index contributed by atoms with van der Waals surface area (Å²) in [4.78, 5) is 10.8. The Kier molecular flexibility index (Phi) is 4.31. The molecule has 0 aromatic rings. The van der Waals surface area contributed by atoms with Crippen LogP contribution in [0.5, 0.6) is 0 Å². The predicted octanol–water partition coefficient (Wildman–Crippen LogP) is -0.392. The van der Waals surface area contributed by atoms with E-state index in [1.54, 1.807) is 13.8 Å². The number of nitrogens with two attached hydrogens (primary N) is 1. The van der Waals surface area contributed by atoms with E-state index in [-0.39, 0.29) is 0 Å². The highest BCUT2D eigenvalue weighted by Crippen LogP contribution is 2.32. The highest BCUT2D eigenvalue weighted by atomic mass is 16.7. The first-order valence-corrected chi connectivity index (χ1v) is 5.21. The maximum Gasteiger partial charge on any atom is 0.405 e. The van der Waals surface area contributed by atoms with Gasteiger partial charge in [-0.3, -0.25) is 0 Å². The molecule has 0 radical (unpaired) electrons. The molecule has 0 aromatic carbocycles. The lowest BCUT2D eigenvalue weighted by Crippen LogP contribution is -2.64. The lowest BCUT2D eigenvalue weighted by molar-refractivity contribution is -0.319. The molecule has 1 amide bonds. The molecule has 1 aliphatic rings. The molecule has 2 unspecified atom stereocenters. The molecule has 1 rings (SSSR count). The number of ether oxygens (including phenoxy) is 4. The summed E-state index contributed by atoms with van der Waals surface area (Å²) in [5.74, 6) is 0. The lowest BCUT2D eigenvalue weighted by atomic mass is 9.89. The fourth-order valence-electron chi connectivity index (χ4n) is 2.04. The first kappa shape index (κ1) is 14.2. The van der Waals surface area contributed by atoms with Crippen LogP contribution in [0.15, 0.2) is 0 Å². The van der Waals surface area contributed by atoms with Crippen LogP contribution in [0.1, 0.15) is 13.8 Å². The van der Waals surface area contributed by atoms with E-state index in [1.807, 2.05) is 0 Å². The van der Waals surface area contributed by atoms with Crippen molar-refractivity contribution in [2.45, 2.75) is 44.1 Å². The van der Waals surface area contributed by atoms with Gasteiger partial charge in [0.25, 0.3) is 0 Å². The normalized spacial score (nSPS) is 36.5. The Bertz CT molecular complexity index is 282. The quantitative estimate of drug-likeness (QED) is 0.706. The number of carbonyl (C=O) groups is 1. The number of amides is 1. The van der Waals surface area contributed by atoms with Crippen LogP contribution in [0.4, 0.5) is 4.79 Å². The zero-order valence-electron chi connectivity index (χ0n) is 10.4. The molecule has 3 N–H and O–H groups in total. The van der Waals surface area contributed by atoms with E-state index >= 15 is 0 Å².